The second-order valence-corrected chi connectivity index (χ2v) is 6.72. The minimum absolute atomic E-state index is 0.200. The van der Waals surface area contributed by atoms with E-state index in [0.29, 0.717) is 11.6 Å². The second-order valence-electron chi connectivity index (χ2n) is 6.72. The molecule has 3 N–H and O–H groups in total. The van der Waals surface area contributed by atoms with E-state index in [1.165, 1.54) is 0 Å². The van der Waals surface area contributed by atoms with Gasteiger partial charge < -0.3 is 15.5 Å². The summed E-state index contributed by atoms with van der Waals surface area (Å²) in [7, 11) is 0. The zero-order valence-electron chi connectivity index (χ0n) is 13.2. The predicted molar refractivity (Wildman–Crippen MR) is 84.2 cm³/mol. The standard InChI is InChI=1S/C16H23N3O2/c1-9(2)15-19-11-8-10(6-7-12(11)21-15)18-14(20)13(17)16(3,4)5/h6-9,13H,17H2,1-5H3,(H,18,20)/t13-/m1/s1. The minimum atomic E-state index is -0.572. The van der Waals surface area contributed by atoms with Crippen LogP contribution in [0, 0.1) is 5.41 Å². The first-order valence-electron chi connectivity index (χ1n) is 7.15. The summed E-state index contributed by atoms with van der Waals surface area (Å²) in [4.78, 5) is 16.6. The van der Waals surface area contributed by atoms with E-state index in [4.69, 9.17) is 10.2 Å². The lowest BCUT2D eigenvalue weighted by Crippen LogP contribution is -2.45. The van der Waals surface area contributed by atoms with Crippen molar-refractivity contribution in [2.75, 3.05) is 5.32 Å². The molecule has 1 heterocycles. The molecular formula is C16H23N3O2. The molecule has 5 nitrogen and oxygen atoms in total. The molecule has 0 fully saturated rings. The van der Waals surface area contributed by atoms with Crippen LogP contribution in [0.25, 0.3) is 11.1 Å². The van der Waals surface area contributed by atoms with E-state index in [2.05, 4.69) is 10.3 Å². The predicted octanol–water partition coefficient (Wildman–Crippen LogP) is 3.26. The van der Waals surface area contributed by atoms with E-state index in [1.807, 2.05) is 40.7 Å². The van der Waals surface area contributed by atoms with Crippen molar-refractivity contribution in [2.45, 2.75) is 46.6 Å². The molecule has 0 aliphatic heterocycles. The molecule has 1 aromatic heterocycles. The highest BCUT2D eigenvalue weighted by Gasteiger charge is 2.27. The molecule has 0 radical (unpaired) electrons. The van der Waals surface area contributed by atoms with Gasteiger partial charge in [-0.3, -0.25) is 4.79 Å². The van der Waals surface area contributed by atoms with Crippen molar-refractivity contribution in [1.29, 1.82) is 0 Å². The number of fused-ring (bicyclic) bond motifs is 1. The van der Waals surface area contributed by atoms with Crippen LogP contribution < -0.4 is 11.1 Å². The maximum atomic E-state index is 12.1. The molecule has 2 rings (SSSR count). The van der Waals surface area contributed by atoms with E-state index >= 15 is 0 Å². The van der Waals surface area contributed by atoms with Crippen LogP contribution in [0.2, 0.25) is 0 Å². The molecule has 0 saturated heterocycles. The molecule has 1 amide bonds. The number of rotatable bonds is 3. The largest absolute Gasteiger partial charge is 0.440 e. The van der Waals surface area contributed by atoms with Crippen molar-refractivity contribution in [3.8, 4) is 0 Å². The monoisotopic (exact) mass is 289 g/mol. The molecule has 21 heavy (non-hydrogen) atoms. The molecule has 0 spiro atoms. The number of nitrogens with one attached hydrogen (secondary N) is 1. The third-order valence-corrected chi connectivity index (χ3v) is 3.38. The molecule has 0 aliphatic rings. The third kappa shape index (κ3) is 3.42. The molecule has 2 aromatic rings. The summed E-state index contributed by atoms with van der Waals surface area (Å²) in [5.74, 6) is 0.721. The molecule has 0 aliphatic carbocycles. The Morgan fingerprint density at radius 1 is 1.33 bits per heavy atom. The number of nitrogens with zero attached hydrogens (tertiary/aromatic N) is 1. The number of anilines is 1. The van der Waals surface area contributed by atoms with Gasteiger partial charge in [0.1, 0.15) is 5.52 Å². The van der Waals surface area contributed by atoms with Gasteiger partial charge in [0.05, 0.1) is 6.04 Å². The number of oxazole rings is 1. The molecule has 0 unspecified atom stereocenters. The first kappa shape index (κ1) is 15.5. The Bertz CT molecular complexity index is 653. The van der Waals surface area contributed by atoms with Gasteiger partial charge in [-0.1, -0.05) is 34.6 Å². The van der Waals surface area contributed by atoms with Gasteiger partial charge in [0.2, 0.25) is 5.91 Å². The molecule has 114 valence electrons. The van der Waals surface area contributed by atoms with E-state index in [-0.39, 0.29) is 17.2 Å². The van der Waals surface area contributed by atoms with Crippen molar-refractivity contribution in [2.24, 2.45) is 11.1 Å². The topological polar surface area (TPSA) is 81.2 Å². The average Bonchev–Trinajstić information content (AvgIpc) is 2.79. The van der Waals surface area contributed by atoms with Crippen LogP contribution in [0.1, 0.15) is 46.4 Å². The highest BCUT2D eigenvalue weighted by atomic mass is 16.3. The zero-order chi connectivity index (χ0) is 15.8. The Morgan fingerprint density at radius 2 is 2.00 bits per heavy atom. The number of carbonyl (C=O) groups excluding carboxylic acids is 1. The van der Waals surface area contributed by atoms with Crippen LogP contribution in [0.5, 0.6) is 0 Å². The number of aromatic nitrogens is 1. The van der Waals surface area contributed by atoms with E-state index < -0.39 is 6.04 Å². The fraction of sp³-hybridized carbons (Fsp3) is 0.500. The Balaban J connectivity index is 2.21. The van der Waals surface area contributed by atoms with Gasteiger partial charge in [0.25, 0.3) is 0 Å². The maximum absolute atomic E-state index is 12.1. The van der Waals surface area contributed by atoms with Gasteiger partial charge in [0, 0.05) is 11.6 Å². The second kappa shape index (κ2) is 5.48. The van der Waals surface area contributed by atoms with Gasteiger partial charge >= 0.3 is 0 Å². The van der Waals surface area contributed by atoms with Crippen LogP contribution >= 0.6 is 0 Å². The lowest BCUT2D eigenvalue weighted by molar-refractivity contribution is -0.119. The Labute approximate surface area is 124 Å². The van der Waals surface area contributed by atoms with Crippen LogP contribution in [0.3, 0.4) is 0 Å². The summed E-state index contributed by atoms with van der Waals surface area (Å²) in [6, 6.07) is 4.84. The number of benzene rings is 1. The quantitative estimate of drug-likeness (QED) is 0.908. The van der Waals surface area contributed by atoms with Crippen molar-refractivity contribution < 1.29 is 9.21 Å². The van der Waals surface area contributed by atoms with Gasteiger partial charge in [-0.25, -0.2) is 4.98 Å². The Hall–Kier alpha value is -1.88. The normalized spacial score (nSPS) is 13.7. The zero-order valence-corrected chi connectivity index (χ0v) is 13.2. The van der Waals surface area contributed by atoms with Crippen molar-refractivity contribution in [1.82, 2.24) is 4.98 Å². The number of amides is 1. The van der Waals surface area contributed by atoms with Crippen molar-refractivity contribution >= 4 is 22.7 Å². The highest BCUT2D eigenvalue weighted by Crippen LogP contribution is 2.24. The fourth-order valence-electron chi connectivity index (χ4n) is 1.88. The fourth-order valence-corrected chi connectivity index (χ4v) is 1.88. The number of hydrogen-bond donors (Lipinski definition) is 2. The maximum Gasteiger partial charge on any atom is 0.241 e. The van der Waals surface area contributed by atoms with Gasteiger partial charge in [0.15, 0.2) is 11.5 Å². The minimum Gasteiger partial charge on any atom is -0.440 e. The summed E-state index contributed by atoms with van der Waals surface area (Å²) in [6.45, 7) is 9.86. The lowest BCUT2D eigenvalue weighted by Gasteiger charge is -2.25. The van der Waals surface area contributed by atoms with E-state index in [9.17, 15) is 4.79 Å². The highest BCUT2D eigenvalue weighted by molar-refractivity contribution is 5.96. The van der Waals surface area contributed by atoms with Crippen LogP contribution in [-0.4, -0.2) is 16.9 Å². The molecule has 0 saturated carbocycles. The van der Waals surface area contributed by atoms with Crippen molar-refractivity contribution in [3.63, 3.8) is 0 Å². The Morgan fingerprint density at radius 3 is 2.57 bits per heavy atom. The molecule has 1 atom stereocenters. The summed E-state index contributed by atoms with van der Waals surface area (Å²) in [6.07, 6.45) is 0. The van der Waals surface area contributed by atoms with Crippen molar-refractivity contribution in [3.05, 3.63) is 24.1 Å². The lowest BCUT2D eigenvalue weighted by atomic mass is 9.87. The summed E-state index contributed by atoms with van der Waals surface area (Å²) in [5.41, 5.74) is 7.80. The first-order chi connectivity index (χ1) is 9.68. The number of carbonyl (C=O) groups is 1. The van der Waals surface area contributed by atoms with E-state index in [1.54, 1.807) is 12.1 Å². The number of nitrogens with two attached hydrogens (primary N) is 1. The molecular weight excluding hydrogens is 266 g/mol. The van der Waals surface area contributed by atoms with E-state index in [0.717, 1.165) is 11.1 Å². The van der Waals surface area contributed by atoms with Crippen LogP contribution in [0.15, 0.2) is 22.6 Å². The van der Waals surface area contributed by atoms with Crippen LogP contribution in [0.4, 0.5) is 5.69 Å². The number of hydrogen-bond acceptors (Lipinski definition) is 4. The third-order valence-electron chi connectivity index (χ3n) is 3.38. The molecule has 5 heteroatoms. The van der Waals surface area contributed by atoms with Gasteiger partial charge in [-0.05, 0) is 23.6 Å². The summed E-state index contributed by atoms with van der Waals surface area (Å²) >= 11 is 0. The summed E-state index contributed by atoms with van der Waals surface area (Å²) < 4.78 is 5.64. The van der Waals surface area contributed by atoms with Crippen LogP contribution in [-0.2, 0) is 4.79 Å². The van der Waals surface area contributed by atoms with Gasteiger partial charge in [-0.2, -0.15) is 0 Å². The molecule has 0 bridgehead atoms. The first-order valence-corrected chi connectivity index (χ1v) is 7.15. The SMILES string of the molecule is CC(C)c1nc2cc(NC(=O)[C@@H](N)C(C)(C)C)ccc2o1. The average molecular weight is 289 g/mol. The Kier molecular flexibility index (Phi) is 4.05. The summed E-state index contributed by atoms with van der Waals surface area (Å²) in [5, 5.41) is 2.83. The molecule has 1 aromatic carbocycles. The van der Waals surface area contributed by atoms with Gasteiger partial charge in [-0.15, -0.1) is 0 Å². The smallest absolute Gasteiger partial charge is 0.241 e.